The molecule has 0 unspecified atom stereocenters. The number of hydrogen-bond donors (Lipinski definition) is 0. The van der Waals surface area contributed by atoms with Crippen LogP contribution in [0.5, 0.6) is 5.75 Å². The minimum atomic E-state index is -0.495. The molecule has 28 heavy (non-hydrogen) atoms. The first kappa shape index (κ1) is 17.7. The molecule has 1 aliphatic rings. The second-order valence-electron chi connectivity index (χ2n) is 6.19. The molecule has 0 aromatic heterocycles. The van der Waals surface area contributed by atoms with Gasteiger partial charge in [0.15, 0.2) is 5.70 Å². The van der Waals surface area contributed by atoms with E-state index < -0.39 is 5.97 Å². The zero-order valence-electron chi connectivity index (χ0n) is 14.8. The third-order valence-corrected chi connectivity index (χ3v) is 4.10. The lowest BCUT2D eigenvalue weighted by atomic mass is 10.2. The Hall–Kier alpha value is -3.73. The molecule has 1 heterocycles. The Balaban J connectivity index is 1.51. The van der Waals surface area contributed by atoms with Gasteiger partial charge in [-0.25, -0.2) is 14.2 Å². The number of cyclic esters (lactones) is 1. The lowest BCUT2D eigenvalue weighted by Crippen LogP contribution is -2.04. The van der Waals surface area contributed by atoms with Gasteiger partial charge in [-0.2, -0.15) is 0 Å². The second kappa shape index (κ2) is 7.88. The molecule has 5 heteroatoms. The molecule has 0 bridgehead atoms. The highest BCUT2D eigenvalue weighted by molar-refractivity contribution is 6.12. The molecule has 0 radical (unpaired) electrons. The van der Waals surface area contributed by atoms with Crippen LogP contribution < -0.4 is 4.74 Å². The number of nitrogens with zero attached hydrogens (tertiary/aromatic N) is 1. The van der Waals surface area contributed by atoms with Crippen molar-refractivity contribution in [1.29, 1.82) is 0 Å². The number of ether oxygens (including phenoxy) is 2. The van der Waals surface area contributed by atoms with E-state index in [1.54, 1.807) is 30.3 Å². The zero-order valence-corrected chi connectivity index (χ0v) is 14.8. The normalized spacial score (nSPS) is 14.7. The van der Waals surface area contributed by atoms with Gasteiger partial charge in [0.2, 0.25) is 5.90 Å². The molecule has 0 amide bonds. The van der Waals surface area contributed by atoms with Crippen molar-refractivity contribution in [2.45, 2.75) is 6.61 Å². The molecule has 4 rings (SSSR count). The Labute approximate surface area is 161 Å². The number of benzene rings is 3. The van der Waals surface area contributed by atoms with E-state index in [4.69, 9.17) is 9.47 Å². The van der Waals surface area contributed by atoms with Crippen LogP contribution in [0.3, 0.4) is 0 Å². The van der Waals surface area contributed by atoms with Gasteiger partial charge in [0.1, 0.15) is 18.2 Å². The largest absolute Gasteiger partial charge is 0.489 e. The highest BCUT2D eigenvalue weighted by Crippen LogP contribution is 2.22. The Bertz CT molecular complexity index is 1070. The predicted molar refractivity (Wildman–Crippen MR) is 104 cm³/mol. The van der Waals surface area contributed by atoms with Gasteiger partial charge in [0.25, 0.3) is 0 Å². The van der Waals surface area contributed by atoms with Crippen LogP contribution in [0.15, 0.2) is 89.6 Å². The minimum Gasteiger partial charge on any atom is -0.489 e. The topological polar surface area (TPSA) is 47.9 Å². The highest BCUT2D eigenvalue weighted by Gasteiger charge is 2.23. The van der Waals surface area contributed by atoms with Crippen molar-refractivity contribution in [2.24, 2.45) is 4.99 Å². The lowest BCUT2D eigenvalue weighted by Gasteiger charge is -2.07. The molecule has 0 saturated carbocycles. The highest BCUT2D eigenvalue weighted by atomic mass is 19.1. The van der Waals surface area contributed by atoms with Crippen LogP contribution in [0.4, 0.5) is 4.39 Å². The van der Waals surface area contributed by atoms with Crippen LogP contribution in [-0.2, 0) is 16.1 Å². The fourth-order valence-electron chi connectivity index (χ4n) is 2.76. The Morgan fingerprint density at radius 2 is 1.79 bits per heavy atom. The van der Waals surface area contributed by atoms with Gasteiger partial charge in [0.05, 0.1) is 0 Å². The SMILES string of the molecule is O=C1OC(c2ccccc2)=N/C1=C\c1cccc(OCc2cccc(F)c2)c1. The number of carbonyl (C=O) groups is 1. The number of carbonyl (C=O) groups excluding carboxylic acids is 1. The lowest BCUT2D eigenvalue weighted by molar-refractivity contribution is -0.129. The fourth-order valence-corrected chi connectivity index (χ4v) is 2.76. The second-order valence-corrected chi connectivity index (χ2v) is 6.19. The summed E-state index contributed by atoms with van der Waals surface area (Å²) < 4.78 is 24.2. The number of hydrogen-bond acceptors (Lipinski definition) is 4. The summed E-state index contributed by atoms with van der Waals surface area (Å²) in [6.45, 7) is 0.246. The van der Waals surface area contributed by atoms with Gasteiger partial charge in [-0.15, -0.1) is 0 Å². The average Bonchev–Trinajstić information content (AvgIpc) is 3.08. The Kier molecular flexibility index (Phi) is 4.97. The monoisotopic (exact) mass is 373 g/mol. The van der Waals surface area contributed by atoms with Crippen molar-refractivity contribution in [3.8, 4) is 5.75 Å². The summed E-state index contributed by atoms with van der Waals surface area (Å²) in [6, 6.07) is 22.7. The van der Waals surface area contributed by atoms with Crippen molar-refractivity contribution in [3.63, 3.8) is 0 Å². The van der Waals surface area contributed by atoms with Crippen molar-refractivity contribution in [2.75, 3.05) is 0 Å². The first-order valence-electron chi connectivity index (χ1n) is 8.73. The summed E-state index contributed by atoms with van der Waals surface area (Å²) in [6.07, 6.45) is 1.65. The minimum absolute atomic E-state index is 0.223. The first-order valence-corrected chi connectivity index (χ1v) is 8.73. The molecule has 0 saturated heterocycles. The van der Waals surface area contributed by atoms with Gasteiger partial charge in [-0.1, -0.05) is 42.5 Å². The van der Waals surface area contributed by atoms with Crippen LogP contribution >= 0.6 is 0 Å². The Morgan fingerprint density at radius 3 is 2.61 bits per heavy atom. The molecule has 0 aliphatic carbocycles. The summed E-state index contributed by atoms with van der Waals surface area (Å²) in [5, 5.41) is 0. The number of halogens is 1. The molecule has 0 spiro atoms. The molecule has 0 fully saturated rings. The maximum atomic E-state index is 13.3. The van der Waals surface area contributed by atoms with Crippen molar-refractivity contribution in [3.05, 3.63) is 107 Å². The third-order valence-electron chi connectivity index (χ3n) is 4.10. The average molecular weight is 373 g/mol. The molecule has 4 nitrogen and oxygen atoms in total. The number of aliphatic imine (C=N–C) groups is 1. The maximum absolute atomic E-state index is 13.3. The predicted octanol–water partition coefficient (Wildman–Crippen LogP) is 4.75. The molecule has 1 aliphatic heterocycles. The Morgan fingerprint density at radius 1 is 0.964 bits per heavy atom. The molecule has 0 atom stereocenters. The van der Waals surface area contributed by atoms with E-state index >= 15 is 0 Å². The molecule has 0 N–H and O–H groups in total. The van der Waals surface area contributed by atoms with Gasteiger partial charge >= 0.3 is 5.97 Å². The summed E-state index contributed by atoms with van der Waals surface area (Å²) >= 11 is 0. The van der Waals surface area contributed by atoms with Crippen molar-refractivity contribution < 1.29 is 18.7 Å². The maximum Gasteiger partial charge on any atom is 0.363 e. The quantitative estimate of drug-likeness (QED) is 0.479. The first-order chi connectivity index (χ1) is 13.7. The molecular weight excluding hydrogens is 357 g/mol. The van der Waals surface area contributed by atoms with E-state index in [2.05, 4.69) is 4.99 Å². The summed E-state index contributed by atoms with van der Waals surface area (Å²) in [7, 11) is 0. The number of rotatable bonds is 5. The molecule has 3 aromatic carbocycles. The summed E-state index contributed by atoms with van der Waals surface area (Å²) in [5.41, 5.74) is 2.45. The van der Waals surface area contributed by atoms with E-state index in [-0.39, 0.29) is 24.0 Å². The van der Waals surface area contributed by atoms with Crippen molar-refractivity contribution >= 4 is 17.9 Å². The standard InChI is InChI=1S/C23H16FNO3/c24-19-10-4-7-17(12-19)15-27-20-11-5-6-16(13-20)14-21-23(26)28-22(25-21)18-8-2-1-3-9-18/h1-14H,15H2/b21-14-. The summed E-state index contributed by atoms with van der Waals surface area (Å²) in [5.74, 6) is 0.101. The fraction of sp³-hybridized carbons (Fsp3) is 0.0435. The van der Waals surface area contributed by atoms with Crippen molar-refractivity contribution in [1.82, 2.24) is 0 Å². The van der Waals surface area contributed by atoms with Gasteiger partial charge in [-0.3, -0.25) is 0 Å². The zero-order chi connectivity index (χ0) is 19.3. The van der Waals surface area contributed by atoms with Crippen LogP contribution in [-0.4, -0.2) is 11.9 Å². The molecule has 138 valence electrons. The molecule has 3 aromatic rings. The van der Waals surface area contributed by atoms with Crippen LogP contribution in [0.25, 0.3) is 6.08 Å². The van der Waals surface area contributed by atoms with Crippen LogP contribution in [0.1, 0.15) is 16.7 Å². The van der Waals surface area contributed by atoms with E-state index in [1.165, 1.54) is 12.1 Å². The van der Waals surface area contributed by atoms with Gasteiger partial charge in [0, 0.05) is 5.56 Å². The molecular formula is C23H16FNO3. The van der Waals surface area contributed by atoms with Crippen LogP contribution in [0.2, 0.25) is 0 Å². The van der Waals surface area contributed by atoms with E-state index in [9.17, 15) is 9.18 Å². The smallest absolute Gasteiger partial charge is 0.363 e. The van der Waals surface area contributed by atoms with E-state index in [1.807, 2.05) is 42.5 Å². The van der Waals surface area contributed by atoms with Crippen LogP contribution in [0, 0.1) is 5.82 Å². The summed E-state index contributed by atoms with van der Waals surface area (Å²) in [4.78, 5) is 16.4. The van der Waals surface area contributed by atoms with Gasteiger partial charge in [-0.05, 0) is 53.6 Å². The number of esters is 1. The van der Waals surface area contributed by atoms with E-state index in [0.717, 1.165) is 16.7 Å². The van der Waals surface area contributed by atoms with E-state index in [0.29, 0.717) is 5.75 Å². The third kappa shape index (κ3) is 4.15. The van der Waals surface area contributed by atoms with Gasteiger partial charge < -0.3 is 9.47 Å².